The van der Waals surface area contributed by atoms with Gasteiger partial charge in [-0.1, -0.05) is 13.0 Å². The molecule has 1 aromatic heterocycles. The summed E-state index contributed by atoms with van der Waals surface area (Å²) < 4.78 is 31.5. The Hall–Kier alpha value is -2.63. The van der Waals surface area contributed by atoms with E-state index in [0.717, 1.165) is 23.3 Å². The second-order valence-corrected chi connectivity index (χ2v) is 6.15. The van der Waals surface area contributed by atoms with Crippen molar-refractivity contribution in [1.29, 1.82) is 0 Å². The van der Waals surface area contributed by atoms with Crippen LogP contribution in [-0.4, -0.2) is 23.8 Å². The van der Waals surface area contributed by atoms with Gasteiger partial charge in [-0.2, -0.15) is 0 Å². The van der Waals surface area contributed by atoms with Crippen LogP contribution in [0.3, 0.4) is 0 Å². The van der Waals surface area contributed by atoms with Gasteiger partial charge in [0, 0.05) is 24.7 Å². The molecule has 0 radical (unpaired) electrons. The molecule has 4 nitrogen and oxygen atoms in total. The second-order valence-electron chi connectivity index (χ2n) is 6.15. The van der Waals surface area contributed by atoms with E-state index in [1.165, 1.54) is 6.07 Å². The van der Waals surface area contributed by atoms with Gasteiger partial charge in [-0.3, -0.25) is 9.78 Å². The van der Waals surface area contributed by atoms with E-state index in [0.29, 0.717) is 23.7 Å². The van der Waals surface area contributed by atoms with Gasteiger partial charge >= 0.3 is 0 Å². The van der Waals surface area contributed by atoms with Crippen LogP contribution in [0.25, 0.3) is 0 Å². The number of ether oxygens (including phenoxy) is 1. The van der Waals surface area contributed by atoms with Gasteiger partial charge in [0.05, 0.1) is 19.2 Å². The van der Waals surface area contributed by atoms with Crippen molar-refractivity contribution in [3.05, 3.63) is 64.5 Å². The maximum Gasteiger partial charge on any atom is 0.218 e. The average molecular weight is 344 g/mol. The molecule has 1 atom stereocenters. The number of hydrogen-bond acceptors (Lipinski definition) is 4. The number of fused-ring (bicyclic) bond motifs is 1. The molecule has 25 heavy (non-hydrogen) atoms. The van der Waals surface area contributed by atoms with Gasteiger partial charge in [0.15, 0.2) is 11.6 Å². The first-order chi connectivity index (χ1) is 12.0. The molecule has 1 aromatic carbocycles. The van der Waals surface area contributed by atoms with Crippen LogP contribution in [0.5, 0.6) is 0 Å². The highest BCUT2D eigenvalue weighted by molar-refractivity contribution is 5.97. The lowest BCUT2D eigenvalue weighted by atomic mass is 9.94. The average Bonchev–Trinajstić information content (AvgIpc) is 2.99. The Morgan fingerprint density at radius 2 is 2.08 bits per heavy atom. The molecule has 0 spiro atoms. The molecule has 0 N–H and O–H groups in total. The maximum atomic E-state index is 13.3. The minimum Gasteiger partial charge on any atom is -0.481 e. The number of nitrogens with zero attached hydrogens (tertiary/aromatic N) is 2. The topological polar surface area (TPSA) is 51.5 Å². The van der Waals surface area contributed by atoms with Gasteiger partial charge in [0.25, 0.3) is 0 Å². The molecule has 6 heteroatoms. The third kappa shape index (κ3) is 3.73. The van der Waals surface area contributed by atoms with Crippen molar-refractivity contribution >= 4 is 11.7 Å². The van der Waals surface area contributed by atoms with Crippen LogP contribution in [0, 0.1) is 11.6 Å². The smallest absolute Gasteiger partial charge is 0.218 e. The van der Waals surface area contributed by atoms with Gasteiger partial charge < -0.3 is 4.74 Å². The third-order valence-corrected chi connectivity index (χ3v) is 4.29. The first kappa shape index (κ1) is 17.2. The number of carbonyl (C=O) groups excluding carboxylic acids is 1. The monoisotopic (exact) mass is 344 g/mol. The zero-order chi connectivity index (χ0) is 18.0. The van der Waals surface area contributed by atoms with Crippen molar-refractivity contribution in [2.24, 2.45) is 4.99 Å². The number of aromatic nitrogens is 1. The van der Waals surface area contributed by atoms with Crippen LogP contribution < -0.4 is 0 Å². The van der Waals surface area contributed by atoms with E-state index >= 15 is 0 Å². The number of benzene rings is 1. The summed E-state index contributed by atoms with van der Waals surface area (Å²) in [6.45, 7) is 2.34. The molecule has 0 fully saturated rings. The molecule has 0 saturated carbocycles. The Morgan fingerprint density at radius 1 is 1.28 bits per heavy atom. The summed E-state index contributed by atoms with van der Waals surface area (Å²) in [4.78, 5) is 20.9. The van der Waals surface area contributed by atoms with Gasteiger partial charge in [-0.05, 0) is 35.2 Å². The predicted molar refractivity (Wildman–Crippen MR) is 89.6 cm³/mol. The second kappa shape index (κ2) is 7.09. The predicted octanol–water partition coefficient (Wildman–Crippen LogP) is 3.57. The molecular weight excluding hydrogens is 326 g/mol. The van der Waals surface area contributed by atoms with E-state index in [-0.39, 0.29) is 24.5 Å². The lowest BCUT2D eigenvalue weighted by Gasteiger charge is -2.11. The van der Waals surface area contributed by atoms with Crippen molar-refractivity contribution in [1.82, 2.24) is 4.98 Å². The fourth-order valence-electron chi connectivity index (χ4n) is 2.94. The van der Waals surface area contributed by atoms with Gasteiger partial charge in [0.2, 0.25) is 5.90 Å². The molecule has 0 saturated heterocycles. The highest BCUT2D eigenvalue weighted by Crippen LogP contribution is 2.23. The van der Waals surface area contributed by atoms with Crippen LogP contribution in [0.4, 0.5) is 8.78 Å². The minimum atomic E-state index is -0.897. The molecule has 2 heterocycles. The number of aliphatic imine (C=N–C) groups is 1. The van der Waals surface area contributed by atoms with Gasteiger partial charge in [0.1, 0.15) is 5.78 Å². The zero-order valence-electron chi connectivity index (χ0n) is 14.1. The van der Waals surface area contributed by atoms with Crippen LogP contribution in [-0.2, 0) is 22.5 Å². The van der Waals surface area contributed by atoms with E-state index in [1.807, 2.05) is 13.0 Å². The van der Waals surface area contributed by atoms with E-state index < -0.39 is 11.6 Å². The summed E-state index contributed by atoms with van der Waals surface area (Å²) in [7, 11) is 1.56. The lowest BCUT2D eigenvalue weighted by molar-refractivity contribution is -0.118. The fourth-order valence-corrected chi connectivity index (χ4v) is 2.94. The first-order valence-corrected chi connectivity index (χ1v) is 8.01. The first-order valence-electron chi connectivity index (χ1n) is 8.01. The summed E-state index contributed by atoms with van der Waals surface area (Å²) in [6, 6.07) is 5.60. The Morgan fingerprint density at radius 3 is 2.80 bits per heavy atom. The number of carbonyl (C=O) groups is 1. The molecule has 0 amide bonds. The molecule has 0 aliphatic carbocycles. The Labute approximate surface area is 144 Å². The molecule has 2 aromatic rings. The third-order valence-electron chi connectivity index (χ3n) is 4.29. The van der Waals surface area contributed by atoms with Crippen molar-refractivity contribution in [2.45, 2.75) is 32.2 Å². The van der Waals surface area contributed by atoms with E-state index in [1.54, 1.807) is 13.3 Å². The van der Waals surface area contributed by atoms with E-state index in [2.05, 4.69) is 9.98 Å². The quantitative estimate of drug-likeness (QED) is 0.833. The van der Waals surface area contributed by atoms with Crippen molar-refractivity contribution in [2.75, 3.05) is 7.11 Å². The molecule has 1 aliphatic rings. The van der Waals surface area contributed by atoms with Gasteiger partial charge in [-0.25, -0.2) is 13.8 Å². The number of hydrogen-bond donors (Lipinski definition) is 0. The maximum absolute atomic E-state index is 13.3. The standard InChI is InChI=1S/C19H18F2N2O2/c1-11(12-3-4-17(20)18(21)7-12)5-15(24)8-14-6-13-9-23-19(25-2)16(13)10-22-14/h3-4,6-7,10-11H,5,8-9H2,1-2H3. The van der Waals surface area contributed by atoms with E-state index in [9.17, 15) is 13.6 Å². The van der Waals surface area contributed by atoms with Crippen LogP contribution in [0.2, 0.25) is 0 Å². The van der Waals surface area contributed by atoms with Crippen LogP contribution in [0.1, 0.15) is 41.6 Å². The summed E-state index contributed by atoms with van der Waals surface area (Å²) in [5.74, 6) is -1.42. The SMILES string of the molecule is COC1=NCc2cc(CC(=O)CC(C)c3ccc(F)c(F)c3)ncc21. The number of halogens is 2. The van der Waals surface area contributed by atoms with Gasteiger partial charge in [-0.15, -0.1) is 0 Å². The number of rotatable bonds is 5. The van der Waals surface area contributed by atoms with Crippen LogP contribution >= 0.6 is 0 Å². The summed E-state index contributed by atoms with van der Waals surface area (Å²) in [5.41, 5.74) is 3.12. The molecule has 1 aliphatic heterocycles. The summed E-state index contributed by atoms with van der Waals surface area (Å²) in [5, 5.41) is 0. The largest absolute Gasteiger partial charge is 0.481 e. The van der Waals surface area contributed by atoms with Crippen molar-refractivity contribution in [3.63, 3.8) is 0 Å². The molecule has 1 unspecified atom stereocenters. The van der Waals surface area contributed by atoms with Crippen LogP contribution in [0.15, 0.2) is 35.5 Å². The Balaban J connectivity index is 1.64. The molecule has 0 bridgehead atoms. The Bertz CT molecular complexity index is 849. The number of methoxy groups -OCH3 is 1. The minimum absolute atomic E-state index is 0.00411. The lowest BCUT2D eigenvalue weighted by Crippen LogP contribution is -2.10. The Kier molecular flexibility index (Phi) is 4.88. The highest BCUT2D eigenvalue weighted by atomic mass is 19.2. The fraction of sp³-hybridized carbons (Fsp3) is 0.316. The summed E-state index contributed by atoms with van der Waals surface area (Å²) >= 11 is 0. The zero-order valence-corrected chi connectivity index (χ0v) is 14.1. The number of ketones is 1. The molecule has 130 valence electrons. The molecular formula is C19H18F2N2O2. The number of pyridine rings is 1. The van der Waals surface area contributed by atoms with Crippen molar-refractivity contribution < 1.29 is 18.3 Å². The number of Topliss-reactive ketones (excluding diaryl/α,β-unsaturated/α-hetero) is 1. The van der Waals surface area contributed by atoms with E-state index in [4.69, 9.17) is 4.74 Å². The highest BCUT2D eigenvalue weighted by Gasteiger charge is 2.19. The van der Waals surface area contributed by atoms with Crippen molar-refractivity contribution in [3.8, 4) is 0 Å². The molecule has 3 rings (SSSR count). The normalized spacial score (nSPS) is 14.0. The summed E-state index contributed by atoms with van der Waals surface area (Å²) in [6.07, 6.45) is 2.11.